The van der Waals surface area contributed by atoms with Crippen molar-refractivity contribution in [2.75, 3.05) is 14.2 Å². The number of unbranched alkanes of at least 4 members (excludes halogenated alkanes) is 1. The number of allylic oxidation sites excluding steroid dienone is 1. The number of rotatable bonds is 9. The zero-order valence-corrected chi connectivity index (χ0v) is 18.1. The van der Waals surface area contributed by atoms with Crippen molar-refractivity contribution in [1.82, 2.24) is 5.48 Å². The van der Waals surface area contributed by atoms with Crippen LogP contribution in [-0.4, -0.2) is 25.2 Å². The number of carbonyl (C=O) groups excluding carboxylic acids is 2. The zero-order chi connectivity index (χ0) is 22.1. The molecule has 0 unspecified atom stereocenters. The third-order valence-corrected chi connectivity index (χ3v) is 4.76. The molecule has 0 aromatic heterocycles. The van der Waals surface area contributed by atoms with Crippen LogP contribution in [0.15, 0.2) is 42.5 Å². The van der Waals surface area contributed by atoms with Crippen LogP contribution in [0.1, 0.15) is 51.9 Å². The van der Waals surface area contributed by atoms with Crippen LogP contribution >= 0.6 is 12.6 Å². The van der Waals surface area contributed by atoms with E-state index in [4.69, 9.17) is 10.00 Å². The van der Waals surface area contributed by atoms with Crippen molar-refractivity contribution in [3.05, 3.63) is 70.3 Å². The lowest BCUT2D eigenvalue weighted by molar-refractivity contribution is -0.131. The van der Waals surface area contributed by atoms with Gasteiger partial charge in [-0.05, 0) is 66.3 Å². The number of hydrogen-bond donors (Lipinski definition) is 2. The standard InChI is InChI=1S/C23H24N2O4S/c1-15-12-18(13-20(23(27)30)22(15)28-2)19(6-4-5-7-21(26)25-29-3)17-10-8-16(14-24)9-11-17/h6,8-13H,4-5,7H2,1-3H3,(H,25,26)(H,27,30)/b19-6-. The molecular formula is C23H24N2O4S. The highest BCUT2D eigenvalue weighted by molar-refractivity contribution is 7.97. The Labute approximate surface area is 181 Å². The van der Waals surface area contributed by atoms with Gasteiger partial charge in [0.05, 0.1) is 31.4 Å². The summed E-state index contributed by atoms with van der Waals surface area (Å²) < 4.78 is 5.37. The van der Waals surface area contributed by atoms with E-state index >= 15 is 0 Å². The normalized spacial score (nSPS) is 11.0. The van der Waals surface area contributed by atoms with Crippen LogP contribution in [0.25, 0.3) is 5.57 Å². The number of nitriles is 1. The molecule has 2 rings (SSSR count). The SMILES string of the molecule is CONC(=O)CCC/C=C(/c1ccc(C#N)cc1)c1cc(C)c(OC)c(C(=O)S)c1. The summed E-state index contributed by atoms with van der Waals surface area (Å²) in [7, 11) is 2.91. The van der Waals surface area contributed by atoms with Gasteiger partial charge in [0.15, 0.2) is 0 Å². The molecule has 0 aliphatic heterocycles. The van der Waals surface area contributed by atoms with Crippen molar-refractivity contribution >= 4 is 29.2 Å². The third kappa shape index (κ3) is 5.96. The Balaban J connectivity index is 2.45. The Morgan fingerprint density at radius 1 is 1.17 bits per heavy atom. The average Bonchev–Trinajstić information content (AvgIpc) is 2.73. The molecule has 0 fully saturated rings. The number of hydroxylamine groups is 1. The van der Waals surface area contributed by atoms with Crippen LogP contribution in [0.2, 0.25) is 0 Å². The molecule has 2 aromatic carbocycles. The van der Waals surface area contributed by atoms with Crippen LogP contribution < -0.4 is 10.2 Å². The van der Waals surface area contributed by atoms with Crippen LogP contribution in [0.3, 0.4) is 0 Å². The molecule has 6 nitrogen and oxygen atoms in total. The topological polar surface area (TPSA) is 88.4 Å². The number of amides is 1. The molecule has 1 amide bonds. The molecule has 0 atom stereocenters. The van der Waals surface area contributed by atoms with E-state index in [1.54, 1.807) is 18.2 Å². The highest BCUT2D eigenvalue weighted by atomic mass is 32.1. The highest BCUT2D eigenvalue weighted by Crippen LogP contribution is 2.32. The summed E-state index contributed by atoms with van der Waals surface area (Å²) in [5.74, 6) is 0.309. The van der Waals surface area contributed by atoms with Gasteiger partial charge in [-0.15, -0.1) is 12.6 Å². The number of nitrogens with zero attached hydrogens (tertiary/aromatic N) is 1. The second kappa shape index (κ2) is 11.2. The van der Waals surface area contributed by atoms with E-state index in [0.29, 0.717) is 36.1 Å². The predicted octanol–water partition coefficient (Wildman–Crippen LogP) is 4.22. The van der Waals surface area contributed by atoms with Gasteiger partial charge in [-0.25, -0.2) is 5.48 Å². The van der Waals surface area contributed by atoms with Gasteiger partial charge in [-0.2, -0.15) is 5.26 Å². The number of carbonyl (C=O) groups is 2. The van der Waals surface area contributed by atoms with Crippen molar-refractivity contribution in [3.8, 4) is 11.8 Å². The first kappa shape index (κ1) is 23.2. The Hall–Kier alpha value is -3.08. The summed E-state index contributed by atoms with van der Waals surface area (Å²) in [6, 6.07) is 13.0. The van der Waals surface area contributed by atoms with Crippen molar-refractivity contribution < 1.29 is 19.2 Å². The van der Waals surface area contributed by atoms with E-state index < -0.39 is 0 Å². The quantitative estimate of drug-likeness (QED) is 0.357. The van der Waals surface area contributed by atoms with Crippen molar-refractivity contribution in [2.45, 2.75) is 26.2 Å². The van der Waals surface area contributed by atoms with E-state index in [-0.39, 0.29) is 11.0 Å². The summed E-state index contributed by atoms with van der Waals surface area (Å²) >= 11 is 3.99. The third-order valence-electron chi connectivity index (χ3n) is 4.52. The molecular weight excluding hydrogens is 400 g/mol. The Morgan fingerprint density at radius 2 is 1.87 bits per heavy atom. The average molecular weight is 425 g/mol. The molecule has 1 N–H and O–H groups in total. The number of benzene rings is 2. The molecule has 0 aliphatic carbocycles. The minimum absolute atomic E-state index is 0.186. The first-order valence-electron chi connectivity index (χ1n) is 9.36. The van der Waals surface area contributed by atoms with E-state index in [1.165, 1.54) is 14.2 Å². The monoisotopic (exact) mass is 424 g/mol. The second-order valence-corrected chi connectivity index (χ2v) is 7.01. The summed E-state index contributed by atoms with van der Waals surface area (Å²) in [5, 5.41) is 8.69. The molecule has 0 saturated carbocycles. The Morgan fingerprint density at radius 3 is 2.43 bits per heavy atom. The molecule has 7 heteroatoms. The smallest absolute Gasteiger partial charge is 0.243 e. The first-order chi connectivity index (χ1) is 14.4. The van der Waals surface area contributed by atoms with Crippen LogP contribution in [0.4, 0.5) is 0 Å². The van der Waals surface area contributed by atoms with Crippen molar-refractivity contribution in [1.29, 1.82) is 5.26 Å². The molecule has 0 radical (unpaired) electrons. The van der Waals surface area contributed by atoms with Gasteiger partial charge in [-0.3, -0.25) is 14.4 Å². The van der Waals surface area contributed by atoms with Crippen molar-refractivity contribution in [2.24, 2.45) is 0 Å². The van der Waals surface area contributed by atoms with Gasteiger partial charge in [-0.1, -0.05) is 18.2 Å². The lowest BCUT2D eigenvalue weighted by Gasteiger charge is -2.15. The predicted molar refractivity (Wildman–Crippen MR) is 118 cm³/mol. The molecule has 0 aliphatic rings. The summed E-state index contributed by atoms with van der Waals surface area (Å²) in [6.07, 6.45) is 3.62. The van der Waals surface area contributed by atoms with E-state index in [1.807, 2.05) is 31.2 Å². The number of nitrogens with one attached hydrogen (secondary N) is 1. The Kier molecular flexibility index (Phi) is 8.66. The highest BCUT2D eigenvalue weighted by Gasteiger charge is 2.16. The number of ether oxygens (including phenoxy) is 1. The lowest BCUT2D eigenvalue weighted by atomic mass is 9.92. The van der Waals surface area contributed by atoms with Gasteiger partial charge in [0.1, 0.15) is 5.75 Å². The van der Waals surface area contributed by atoms with Crippen LogP contribution in [0, 0.1) is 18.3 Å². The van der Waals surface area contributed by atoms with Gasteiger partial charge in [0.2, 0.25) is 11.0 Å². The molecule has 0 bridgehead atoms. The van der Waals surface area contributed by atoms with Gasteiger partial charge in [0, 0.05) is 6.42 Å². The van der Waals surface area contributed by atoms with Crippen LogP contribution in [0.5, 0.6) is 5.75 Å². The van der Waals surface area contributed by atoms with Crippen molar-refractivity contribution in [3.63, 3.8) is 0 Å². The summed E-state index contributed by atoms with van der Waals surface area (Å²) in [6.45, 7) is 1.87. The van der Waals surface area contributed by atoms with Gasteiger partial charge in [0.25, 0.3) is 0 Å². The zero-order valence-electron chi connectivity index (χ0n) is 17.2. The molecule has 30 heavy (non-hydrogen) atoms. The largest absolute Gasteiger partial charge is 0.496 e. The maximum atomic E-state index is 12.0. The first-order valence-corrected chi connectivity index (χ1v) is 9.80. The van der Waals surface area contributed by atoms with Gasteiger partial charge < -0.3 is 4.74 Å². The molecule has 2 aromatic rings. The van der Waals surface area contributed by atoms with Crippen LogP contribution in [-0.2, 0) is 9.63 Å². The Bertz CT molecular complexity index is 991. The number of thiol groups is 1. The molecule has 156 valence electrons. The maximum Gasteiger partial charge on any atom is 0.243 e. The summed E-state index contributed by atoms with van der Waals surface area (Å²) in [5.41, 5.74) is 6.68. The van der Waals surface area contributed by atoms with E-state index in [0.717, 1.165) is 22.3 Å². The number of hydrogen-bond acceptors (Lipinski definition) is 5. The summed E-state index contributed by atoms with van der Waals surface area (Å²) in [4.78, 5) is 28.2. The van der Waals surface area contributed by atoms with Gasteiger partial charge >= 0.3 is 0 Å². The number of methoxy groups -OCH3 is 1. The minimum atomic E-state index is -0.382. The number of aryl methyl sites for hydroxylation is 1. The molecule has 0 heterocycles. The minimum Gasteiger partial charge on any atom is -0.496 e. The fourth-order valence-corrected chi connectivity index (χ4v) is 3.33. The van der Waals surface area contributed by atoms with E-state index in [2.05, 4.69) is 29.0 Å². The lowest BCUT2D eigenvalue weighted by Crippen LogP contribution is -2.21. The molecule has 0 spiro atoms. The molecule has 0 saturated heterocycles. The maximum absolute atomic E-state index is 12.0. The second-order valence-electron chi connectivity index (χ2n) is 6.61. The fourth-order valence-electron chi connectivity index (χ4n) is 3.16. The van der Waals surface area contributed by atoms with E-state index in [9.17, 15) is 9.59 Å². The fraction of sp³-hybridized carbons (Fsp3) is 0.261.